The molecule has 0 aromatic heterocycles. The summed E-state index contributed by atoms with van der Waals surface area (Å²) in [7, 11) is -3.46. The van der Waals surface area contributed by atoms with E-state index in [1.54, 1.807) is 19.1 Å². The SMILES string of the molecule is Cc1cc(Cl)cc(C2=NC(O)(C(F)(F)F)CN2c2ccc(S(C)(=O)=O)cc2)c1. The summed E-state index contributed by atoms with van der Waals surface area (Å²) in [5, 5.41) is 10.4. The van der Waals surface area contributed by atoms with Gasteiger partial charge in [-0.2, -0.15) is 13.2 Å². The van der Waals surface area contributed by atoms with Crippen LogP contribution in [-0.2, 0) is 9.84 Å². The Balaban J connectivity index is 2.12. The third kappa shape index (κ3) is 3.87. The van der Waals surface area contributed by atoms with Gasteiger partial charge < -0.3 is 10.0 Å². The molecule has 1 atom stereocenters. The molecule has 1 heterocycles. The number of aliphatic imine (C=N–C) groups is 1. The Kier molecular flexibility index (Phi) is 4.97. The topological polar surface area (TPSA) is 70.0 Å². The third-order valence-electron chi connectivity index (χ3n) is 4.26. The maximum Gasteiger partial charge on any atom is 0.440 e. The fraction of sp³-hybridized carbons (Fsp3) is 0.278. The monoisotopic (exact) mass is 432 g/mol. The highest BCUT2D eigenvalue weighted by molar-refractivity contribution is 7.90. The summed E-state index contributed by atoms with van der Waals surface area (Å²) in [6.45, 7) is 0.863. The number of aryl methyl sites for hydroxylation is 1. The molecule has 0 saturated heterocycles. The smallest absolute Gasteiger partial charge is 0.361 e. The van der Waals surface area contributed by atoms with Crippen molar-refractivity contribution in [3.63, 3.8) is 0 Å². The number of hydrogen-bond donors (Lipinski definition) is 1. The summed E-state index contributed by atoms with van der Waals surface area (Å²) in [6.07, 6.45) is -3.96. The lowest BCUT2D eigenvalue weighted by Crippen LogP contribution is -2.47. The van der Waals surface area contributed by atoms with Crippen molar-refractivity contribution >= 4 is 33.0 Å². The fourth-order valence-corrected chi connectivity index (χ4v) is 3.81. The molecule has 0 amide bonds. The van der Waals surface area contributed by atoms with E-state index >= 15 is 0 Å². The van der Waals surface area contributed by atoms with E-state index in [0.29, 0.717) is 16.1 Å². The van der Waals surface area contributed by atoms with E-state index in [0.717, 1.165) is 6.26 Å². The predicted molar refractivity (Wildman–Crippen MR) is 101 cm³/mol. The highest BCUT2D eigenvalue weighted by atomic mass is 35.5. The van der Waals surface area contributed by atoms with E-state index in [9.17, 15) is 26.7 Å². The van der Waals surface area contributed by atoms with Crippen molar-refractivity contribution < 1.29 is 26.7 Å². The van der Waals surface area contributed by atoms with Crippen molar-refractivity contribution in [2.24, 2.45) is 4.99 Å². The number of rotatable bonds is 3. The van der Waals surface area contributed by atoms with Gasteiger partial charge in [-0.15, -0.1) is 0 Å². The molecule has 0 fully saturated rings. The minimum atomic E-state index is -4.99. The molecule has 0 aliphatic carbocycles. The van der Waals surface area contributed by atoms with E-state index in [1.165, 1.54) is 35.2 Å². The van der Waals surface area contributed by atoms with E-state index in [1.807, 2.05) is 0 Å². The minimum Gasteiger partial charge on any atom is -0.361 e. The Morgan fingerprint density at radius 2 is 1.79 bits per heavy atom. The van der Waals surface area contributed by atoms with Crippen LogP contribution in [0.4, 0.5) is 18.9 Å². The lowest BCUT2D eigenvalue weighted by molar-refractivity contribution is -0.249. The molecule has 1 unspecified atom stereocenters. The van der Waals surface area contributed by atoms with Crippen LogP contribution in [0.1, 0.15) is 11.1 Å². The molecule has 0 radical (unpaired) electrons. The first-order chi connectivity index (χ1) is 12.8. The van der Waals surface area contributed by atoms with Gasteiger partial charge in [-0.1, -0.05) is 11.6 Å². The number of sulfone groups is 1. The first kappa shape index (κ1) is 20.6. The molecule has 3 rings (SSSR count). The van der Waals surface area contributed by atoms with Gasteiger partial charge >= 0.3 is 6.18 Å². The molecule has 2 aromatic carbocycles. The maximum atomic E-state index is 13.4. The highest BCUT2D eigenvalue weighted by Gasteiger charge is 2.58. The molecule has 28 heavy (non-hydrogen) atoms. The second-order valence-corrected chi connectivity index (χ2v) is 9.07. The van der Waals surface area contributed by atoms with Crippen LogP contribution in [0, 0.1) is 6.92 Å². The van der Waals surface area contributed by atoms with Crippen molar-refractivity contribution in [2.75, 3.05) is 17.7 Å². The molecule has 1 aliphatic rings. The Morgan fingerprint density at radius 3 is 2.29 bits per heavy atom. The first-order valence-electron chi connectivity index (χ1n) is 8.04. The molecular formula is C18H16ClF3N2O3S. The van der Waals surface area contributed by atoms with Gasteiger partial charge in [0, 0.05) is 22.5 Å². The predicted octanol–water partition coefficient (Wildman–Crippen LogP) is 3.57. The number of halogens is 4. The number of benzene rings is 2. The average molecular weight is 433 g/mol. The first-order valence-corrected chi connectivity index (χ1v) is 10.3. The second kappa shape index (κ2) is 6.75. The molecule has 1 aliphatic heterocycles. The van der Waals surface area contributed by atoms with Gasteiger partial charge in [0.2, 0.25) is 0 Å². The third-order valence-corrected chi connectivity index (χ3v) is 5.60. The van der Waals surface area contributed by atoms with Crippen LogP contribution in [0.5, 0.6) is 0 Å². The number of aliphatic hydroxyl groups is 1. The largest absolute Gasteiger partial charge is 0.440 e. The molecule has 150 valence electrons. The highest BCUT2D eigenvalue weighted by Crippen LogP contribution is 2.39. The normalized spacial score (nSPS) is 20.4. The second-order valence-electron chi connectivity index (χ2n) is 6.62. The quantitative estimate of drug-likeness (QED) is 0.805. The van der Waals surface area contributed by atoms with Crippen molar-refractivity contribution in [3.8, 4) is 0 Å². The molecule has 2 aromatic rings. The number of alkyl halides is 3. The number of hydrogen-bond acceptors (Lipinski definition) is 5. The molecule has 5 nitrogen and oxygen atoms in total. The van der Waals surface area contributed by atoms with Gasteiger partial charge in [-0.25, -0.2) is 13.4 Å². The Hall–Kier alpha value is -2.10. The zero-order valence-corrected chi connectivity index (χ0v) is 16.4. The lowest BCUT2D eigenvalue weighted by Gasteiger charge is -2.25. The van der Waals surface area contributed by atoms with Crippen molar-refractivity contribution in [1.82, 2.24) is 0 Å². The Morgan fingerprint density at radius 1 is 1.18 bits per heavy atom. The number of nitrogens with zero attached hydrogens (tertiary/aromatic N) is 2. The molecule has 0 spiro atoms. The molecule has 1 N–H and O–H groups in total. The van der Waals surface area contributed by atoms with Gasteiger partial charge in [0.25, 0.3) is 5.72 Å². The zero-order chi connectivity index (χ0) is 20.9. The van der Waals surface area contributed by atoms with Crippen molar-refractivity contribution in [1.29, 1.82) is 0 Å². The summed E-state index contributed by atoms with van der Waals surface area (Å²) in [6, 6.07) is 10.0. The van der Waals surface area contributed by atoms with Crippen LogP contribution in [0.25, 0.3) is 0 Å². The summed E-state index contributed by atoms with van der Waals surface area (Å²) >= 11 is 6.03. The fourth-order valence-electron chi connectivity index (χ4n) is 2.89. The number of amidine groups is 1. The van der Waals surface area contributed by atoms with Gasteiger partial charge in [0.1, 0.15) is 5.84 Å². The van der Waals surface area contributed by atoms with Gasteiger partial charge in [-0.05, 0) is 55.0 Å². The number of β-amino-alcohol motifs (C(OH)–C–C–N with tert-alkyl or cyclic N) is 1. The van der Waals surface area contributed by atoms with Gasteiger partial charge in [0.15, 0.2) is 9.84 Å². The van der Waals surface area contributed by atoms with E-state index in [-0.39, 0.29) is 16.4 Å². The Bertz CT molecular complexity index is 1030. The van der Waals surface area contributed by atoms with Crippen LogP contribution in [0.3, 0.4) is 0 Å². The van der Waals surface area contributed by atoms with Crippen molar-refractivity contribution in [2.45, 2.75) is 23.7 Å². The van der Waals surface area contributed by atoms with Crippen LogP contribution in [0.2, 0.25) is 5.02 Å². The van der Waals surface area contributed by atoms with Crippen LogP contribution in [0.15, 0.2) is 52.4 Å². The minimum absolute atomic E-state index is 0.0265. The van der Waals surface area contributed by atoms with Gasteiger partial charge in [0.05, 0.1) is 11.4 Å². The number of anilines is 1. The maximum absolute atomic E-state index is 13.4. The standard InChI is InChI=1S/C18H16ClF3N2O3S/c1-11-7-12(9-13(19)8-11)16-23-17(25,18(20,21)22)10-24(16)14-3-5-15(6-4-14)28(2,26)27/h3-9,25H,10H2,1-2H3. The molecule has 0 bridgehead atoms. The molecular weight excluding hydrogens is 417 g/mol. The van der Waals surface area contributed by atoms with E-state index in [2.05, 4.69) is 4.99 Å². The van der Waals surface area contributed by atoms with E-state index < -0.39 is 28.3 Å². The Labute approximate surface area is 165 Å². The molecule has 0 saturated carbocycles. The summed E-state index contributed by atoms with van der Waals surface area (Å²) in [5.74, 6) is -0.113. The van der Waals surface area contributed by atoms with Crippen LogP contribution < -0.4 is 4.90 Å². The summed E-state index contributed by atoms with van der Waals surface area (Å²) < 4.78 is 63.5. The summed E-state index contributed by atoms with van der Waals surface area (Å²) in [5.41, 5.74) is -2.03. The summed E-state index contributed by atoms with van der Waals surface area (Å²) in [4.78, 5) is 4.78. The van der Waals surface area contributed by atoms with Crippen molar-refractivity contribution in [3.05, 3.63) is 58.6 Å². The van der Waals surface area contributed by atoms with Crippen LogP contribution in [-0.4, -0.2) is 44.1 Å². The van der Waals surface area contributed by atoms with Crippen LogP contribution >= 0.6 is 11.6 Å². The van der Waals surface area contributed by atoms with E-state index in [4.69, 9.17) is 11.6 Å². The lowest BCUT2D eigenvalue weighted by atomic mass is 10.1. The average Bonchev–Trinajstić information content (AvgIpc) is 2.92. The van der Waals surface area contributed by atoms with Gasteiger partial charge in [-0.3, -0.25) is 0 Å². The molecule has 10 heteroatoms. The zero-order valence-electron chi connectivity index (χ0n) is 14.8.